The van der Waals surface area contributed by atoms with Crippen molar-refractivity contribution in [3.8, 4) is 0 Å². The second kappa shape index (κ2) is 6.51. The Morgan fingerprint density at radius 3 is 2.78 bits per heavy atom. The van der Waals surface area contributed by atoms with E-state index in [1.165, 1.54) is 0 Å². The first-order valence-electron chi connectivity index (χ1n) is 7.48. The highest BCUT2D eigenvalue weighted by Crippen LogP contribution is 2.25. The zero-order valence-corrected chi connectivity index (χ0v) is 14.3. The lowest BCUT2D eigenvalue weighted by molar-refractivity contribution is 0.0790. The van der Waals surface area contributed by atoms with E-state index in [0.29, 0.717) is 41.1 Å². The van der Waals surface area contributed by atoms with Gasteiger partial charge in [0.05, 0.1) is 17.8 Å². The Hall–Kier alpha value is -1.56. The summed E-state index contributed by atoms with van der Waals surface area (Å²) in [7, 11) is 0. The first kappa shape index (κ1) is 16.3. The molecule has 1 saturated heterocycles. The predicted molar refractivity (Wildman–Crippen MR) is 91.0 cm³/mol. The van der Waals surface area contributed by atoms with Crippen molar-refractivity contribution in [3.63, 3.8) is 0 Å². The average Bonchev–Trinajstić information content (AvgIpc) is 3.05. The molecule has 0 saturated carbocycles. The van der Waals surface area contributed by atoms with Crippen LogP contribution in [0.5, 0.6) is 0 Å². The van der Waals surface area contributed by atoms with Crippen molar-refractivity contribution in [2.45, 2.75) is 25.9 Å². The third-order valence-corrected chi connectivity index (χ3v) is 4.82. The molecule has 0 bridgehead atoms. The standard InChI is InChI=1S/C16H18Cl2N4O/c1-10-14(16(23)21-7-6-12(19)9-21)15(18)22(20-10)8-11-4-2-3-5-13(11)17/h2-5,12H,6-9,19H2,1H3. The van der Waals surface area contributed by atoms with Crippen LogP contribution in [0.1, 0.15) is 28.0 Å². The lowest BCUT2D eigenvalue weighted by atomic mass is 10.2. The maximum absolute atomic E-state index is 12.7. The van der Waals surface area contributed by atoms with Gasteiger partial charge in [0.15, 0.2) is 0 Å². The highest BCUT2D eigenvalue weighted by molar-refractivity contribution is 6.33. The number of nitrogens with two attached hydrogens (primary N) is 1. The van der Waals surface area contributed by atoms with Gasteiger partial charge >= 0.3 is 0 Å². The molecule has 5 nitrogen and oxygen atoms in total. The molecule has 1 fully saturated rings. The monoisotopic (exact) mass is 352 g/mol. The van der Waals surface area contributed by atoms with Crippen molar-refractivity contribution >= 4 is 29.1 Å². The number of carbonyl (C=O) groups excluding carboxylic acids is 1. The highest BCUT2D eigenvalue weighted by Gasteiger charge is 2.29. The number of benzene rings is 1. The zero-order valence-electron chi connectivity index (χ0n) is 12.8. The van der Waals surface area contributed by atoms with Crippen LogP contribution in [0.4, 0.5) is 0 Å². The Kier molecular flexibility index (Phi) is 4.62. The number of rotatable bonds is 3. The molecule has 3 rings (SSSR count). The number of likely N-dealkylation sites (tertiary alicyclic amines) is 1. The topological polar surface area (TPSA) is 64.2 Å². The van der Waals surface area contributed by atoms with Crippen molar-refractivity contribution in [1.82, 2.24) is 14.7 Å². The van der Waals surface area contributed by atoms with E-state index in [1.807, 2.05) is 24.3 Å². The summed E-state index contributed by atoms with van der Waals surface area (Å²) in [5.41, 5.74) is 7.85. The van der Waals surface area contributed by atoms with Gasteiger partial charge in [0.2, 0.25) is 0 Å². The van der Waals surface area contributed by atoms with Crippen molar-refractivity contribution in [1.29, 1.82) is 0 Å². The second-order valence-corrected chi connectivity index (χ2v) is 6.57. The number of aromatic nitrogens is 2. The molecule has 1 aliphatic heterocycles. The second-order valence-electron chi connectivity index (χ2n) is 5.80. The molecule has 0 spiro atoms. The summed E-state index contributed by atoms with van der Waals surface area (Å²) >= 11 is 12.6. The van der Waals surface area contributed by atoms with Crippen LogP contribution in [0, 0.1) is 6.92 Å². The Morgan fingerprint density at radius 2 is 2.13 bits per heavy atom. The number of hydrogen-bond acceptors (Lipinski definition) is 3. The number of halogens is 2. The molecule has 7 heteroatoms. The third kappa shape index (κ3) is 3.22. The molecule has 0 aliphatic carbocycles. The van der Waals surface area contributed by atoms with Gasteiger partial charge < -0.3 is 10.6 Å². The van der Waals surface area contributed by atoms with E-state index in [9.17, 15) is 4.79 Å². The fourth-order valence-corrected chi connectivity index (χ4v) is 3.33. The molecule has 2 N–H and O–H groups in total. The van der Waals surface area contributed by atoms with E-state index < -0.39 is 0 Å². The van der Waals surface area contributed by atoms with Crippen LogP contribution in [-0.4, -0.2) is 39.7 Å². The molecule has 1 unspecified atom stereocenters. The van der Waals surface area contributed by atoms with Gasteiger partial charge in [0.1, 0.15) is 5.15 Å². The summed E-state index contributed by atoms with van der Waals surface area (Å²) in [5.74, 6) is -0.106. The Labute approximate surface area is 145 Å². The van der Waals surface area contributed by atoms with E-state index >= 15 is 0 Å². The van der Waals surface area contributed by atoms with Gasteiger partial charge in [-0.05, 0) is 25.0 Å². The minimum absolute atomic E-state index is 0.0381. The fraction of sp³-hybridized carbons (Fsp3) is 0.375. The Morgan fingerprint density at radius 1 is 1.39 bits per heavy atom. The molecule has 1 amide bonds. The van der Waals surface area contributed by atoms with Crippen LogP contribution >= 0.6 is 23.2 Å². The summed E-state index contributed by atoms with van der Waals surface area (Å²) in [6.45, 7) is 3.43. The van der Waals surface area contributed by atoms with Crippen molar-refractivity contribution in [2.24, 2.45) is 5.73 Å². The van der Waals surface area contributed by atoms with Crippen LogP contribution in [0.2, 0.25) is 10.2 Å². The predicted octanol–water partition coefficient (Wildman–Crippen LogP) is 2.72. The first-order chi connectivity index (χ1) is 11.0. The molecule has 1 aromatic carbocycles. The summed E-state index contributed by atoms with van der Waals surface area (Å²) < 4.78 is 1.61. The van der Waals surface area contributed by atoms with Crippen LogP contribution in [0.15, 0.2) is 24.3 Å². The molecule has 23 heavy (non-hydrogen) atoms. The minimum Gasteiger partial charge on any atom is -0.337 e. The Balaban J connectivity index is 1.88. The summed E-state index contributed by atoms with van der Waals surface area (Å²) in [4.78, 5) is 14.4. The lowest BCUT2D eigenvalue weighted by Crippen LogP contribution is -2.32. The fourth-order valence-electron chi connectivity index (χ4n) is 2.82. The van der Waals surface area contributed by atoms with Gasteiger partial charge in [-0.25, -0.2) is 4.68 Å². The number of amides is 1. The van der Waals surface area contributed by atoms with Gasteiger partial charge in [-0.1, -0.05) is 41.4 Å². The van der Waals surface area contributed by atoms with Crippen molar-refractivity contribution in [3.05, 3.63) is 51.3 Å². The maximum Gasteiger partial charge on any atom is 0.258 e. The highest BCUT2D eigenvalue weighted by atomic mass is 35.5. The van der Waals surface area contributed by atoms with Crippen LogP contribution < -0.4 is 5.73 Å². The van der Waals surface area contributed by atoms with E-state index in [0.717, 1.165) is 12.0 Å². The molecular weight excluding hydrogens is 335 g/mol. The largest absolute Gasteiger partial charge is 0.337 e. The van der Waals surface area contributed by atoms with Gasteiger partial charge in [0.25, 0.3) is 5.91 Å². The number of nitrogens with zero attached hydrogens (tertiary/aromatic N) is 3. The smallest absolute Gasteiger partial charge is 0.258 e. The number of hydrogen-bond donors (Lipinski definition) is 1. The van der Waals surface area contributed by atoms with Crippen molar-refractivity contribution in [2.75, 3.05) is 13.1 Å². The molecule has 122 valence electrons. The molecular formula is C16H18Cl2N4O. The zero-order chi connectivity index (χ0) is 16.6. The van der Waals surface area contributed by atoms with E-state index in [2.05, 4.69) is 5.10 Å². The Bertz CT molecular complexity index is 744. The summed E-state index contributed by atoms with van der Waals surface area (Å²) in [5, 5.41) is 5.39. The average molecular weight is 353 g/mol. The number of aryl methyl sites for hydroxylation is 1. The SMILES string of the molecule is Cc1nn(Cc2ccccc2Cl)c(Cl)c1C(=O)N1CCC(N)C1. The lowest BCUT2D eigenvalue weighted by Gasteiger charge is -2.15. The van der Waals surface area contributed by atoms with Gasteiger partial charge in [-0.15, -0.1) is 0 Å². The van der Waals surface area contributed by atoms with Gasteiger partial charge in [-0.3, -0.25) is 4.79 Å². The maximum atomic E-state index is 12.7. The normalized spacial score (nSPS) is 17.7. The molecule has 1 aromatic heterocycles. The quantitative estimate of drug-likeness (QED) is 0.923. The van der Waals surface area contributed by atoms with Crippen molar-refractivity contribution < 1.29 is 4.79 Å². The van der Waals surface area contributed by atoms with Crippen LogP contribution in [0.3, 0.4) is 0 Å². The third-order valence-electron chi connectivity index (χ3n) is 4.07. The molecule has 2 heterocycles. The molecule has 1 aliphatic rings. The van der Waals surface area contributed by atoms with E-state index in [4.69, 9.17) is 28.9 Å². The molecule has 2 aromatic rings. The van der Waals surface area contributed by atoms with Crippen LogP contribution in [0.25, 0.3) is 0 Å². The summed E-state index contributed by atoms with van der Waals surface area (Å²) in [6, 6.07) is 7.54. The van der Waals surface area contributed by atoms with E-state index in [1.54, 1.807) is 16.5 Å². The van der Waals surface area contributed by atoms with Gasteiger partial charge in [-0.2, -0.15) is 5.10 Å². The first-order valence-corrected chi connectivity index (χ1v) is 8.24. The minimum atomic E-state index is -0.106. The number of carbonyl (C=O) groups is 1. The van der Waals surface area contributed by atoms with Crippen LogP contribution in [-0.2, 0) is 6.54 Å². The molecule has 1 atom stereocenters. The molecule has 0 radical (unpaired) electrons. The summed E-state index contributed by atoms with van der Waals surface area (Å²) in [6.07, 6.45) is 0.816. The van der Waals surface area contributed by atoms with E-state index in [-0.39, 0.29) is 11.9 Å². The van der Waals surface area contributed by atoms with Gasteiger partial charge in [0, 0.05) is 24.2 Å².